The normalized spacial score (nSPS) is 11.4. The van der Waals surface area contributed by atoms with E-state index in [-0.39, 0.29) is 0 Å². The minimum absolute atomic E-state index is 0.562. The summed E-state index contributed by atoms with van der Waals surface area (Å²) in [5.41, 5.74) is 2.90. The molecule has 0 atom stereocenters. The number of hydrogen-bond donors (Lipinski definition) is 0. The summed E-state index contributed by atoms with van der Waals surface area (Å²) in [6.45, 7) is 1.91. The van der Waals surface area contributed by atoms with Crippen LogP contribution in [0.25, 0.3) is 26.9 Å². The molecule has 5 aromatic rings. The van der Waals surface area contributed by atoms with Crippen molar-refractivity contribution in [1.82, 2.24) is 19.8 Å². The molecule has 2 aromatic carbocycles. The molecule has 3 heterocycles. The van der Waals surface area contributed by atoms with Gasteiger partial charge in [-0.2, -0.15) is 9.61 Å². The molecule has 144 valence electrons. The molecule has 5 nitrogen and oxygen atoms in total. The summed E-state index contributed by atoms with van der Waals surface area (Å²) < 4.78 is 7.77. The van der Waals surface area contributed by atoms with E-state index in [1.807, 2.05) is 43.3 Å². The van der Waals surface area contributed by atoms with Gasteiger partial charge in [0.05, 0.1) is 5.56 Å². The summed E-state index contributed by atoms with van der Waals surface area (Å²) in [6, 6.07) is 17.5. The lowest BCUT2D eigenvalue weighted by molar-refractivity contribution is 0.549. The Bertz CT molecular complexity index is 1300. The van der Waals surface area contributed by atoms with Gasteiger partial charge in [-0.25, -0.2) is 0 Å². The summed E-state index contributed by atoms with van der Waals surface area (Å²) in [4.78, 5) is 0.749. The number of nitrogens with zero attached hydrogens (tertiary/aromatic N) is 4. The van der Waals surface area contributed by atoms with Gasteiger partial charge < -0.3 is 4.42 Å². The van der Waals surface area contributed by atoms with Crippen LogP contribution in [0.1, 0.15) is 17.1 Å². The van der Waals surface area contributed by atoms with Crippen molar-refractivity contribution in [2.24, 2.45) is 0 Å². The summed E-state index contributed by atoms with van der Waals surface area (Å²) in [5.74, 6) is 2.26. The van der Waals surface area contributed by atoms with Gasteiger partial charge in [-0.05, 0) is 36.8 Å². The van der Waals surface area contributed by atoms with Crippen LogP contribution in [-0.4, -0.2) is 19.8 Å². The third kappa shape index (κ3) is 3.55. The second kappa shape index (κ2) is 7.30. The van der Waals surface area contributed by atoms with Crippen molar-refractivity contribution in [3.05, 3.63) is 81.8 Å². The number of aryl methyl sites for hydroxylation is 1. The molecule has 0 N–H and O–H groups in total. The predicted molar refractivity (Wildman–Crippen MR) is 116 cm³/mol. The first-order valence-electron chi connectivity index (χ1n) is 8.89. The smallest absolute Gasteiger partial charge is 0.234 e. The molecule has 8 heteroatoms. The molecule has 5 rings (SSSR count). The Morgan fingerprint density at radius 2 is 1.76 bits per heavy atom. The van der Waals surface area contributed by atoms with Crippen molar-refractivity contribution in [2.75, 3.05) is 0 Å². The quantitative estimate of drug-likeness (QED) is 0.328. The van der Waals surface area contributed by atoms with E-state index in [2.05, 4.69) is 22.3 Å². The second-order valence-electron chi connectivity index (χ2n) is 6.62. The molecule has 0 spiro atoms. The Labute approximate surface area is 180 Å². The van der Waals surface area contributed by atoms with Crippen LogP contribution in [0.15, 0.2) is 59.0 Å². The van der Waals surface area contributed by atoms with Gasteiger partial charge in [0, 0.05) is 22.0 Å². The third-order valence-corrected chi connectivity index (χ3v) is 5.92. The van der Waals surface area contributed by atoms with Gasteiger partial charge in [0.25, 0.3) is 0 Å². The maximum absolute atomic E-state index is 6.13. The van der Waals surface area contributed by atoms with Crippen LogP contribution in [0.2, 0.25) is 10.0 Å². The summed E-state index contributed by atoms with van der Waals surface area (Å²) >= 11 is 13.7. The summed E-state index contributed by atoms with van der Waals surface area (Å²) in [5, 5.41) is 15.3. The van der Waals surface area contributed by atoms with E-state index in [4.69, 9.17) is 32.7 Å². The van der Waals surface area contributed by atoms with Crippen LogP contribution in [0.4, 0.5) is 0 Å². The fraction of sp³-hybridized carbons (Fsp3) is 0.0952. The predicted octanol–water partition coefficient (Wildman–Crippen LogP) is 6.32. The highest BCUT2D eigenvalue weighted by Gasteiger charge is 2.18. The van der Waals surface area contributed by atoms with Gasteiger partial charge in [0.2, 0.25) is 4.96 Å². The molecule has 0 aliphatic heterocycles. The topological polar surface area (TPSA) is 56.2 Å². The van der Waals surface area contributed by atoms with E-state index in [9.17, 15) is 0 Å². The Morgan fingerprint density at radius 1 is 1.00 bits per heavy atom. The van der Waals surface area contributed by atoms with Crippen molar-refractivity contribution in [1.29, 1.82) is 0 Å². The first-order chi connectivity index (χ1) is 14.1. The zero-order valence-corrected chi connectivity index (χ0v) is 17.6. The van der Waals surface area contributed by atoms with E-state index in [0.29, 0.717) is 22.2 Å². The number of halogens is 2. The van der Waals surface area contributed by atoms with Gasteiger partial charge in [-0.3, -0.25) is 0 Å². The van der Waals surface area contributed by atoms with Crippen molar-refractivity contribution in [3.8, 4) is 21.9 Å². The minimum Gasteiger partial charge on any atom is -0.461 e. The molecule has 0 aliphatic rings. The molecule has 0 amide bonds. The van der Waals surface area contributed by atoms with Crippen LogP contribution in [0.3, 0.4) is 0 Å². The molecule has 0 unspecified atom stereocenters. The first kappa shape index (κ1) is 18.4. The highest BCUT2D eigenvalue weighted by atomic mass is 35.5. The summed E-state index contributed by atoms with van der Waals surface area (Å²) in [7, 11) is 0. The third-order valence-electron chi connectivity index (χ3n) is 4.56. The van der Waals surface area contributed by atoms with Crippen LogP contribution in [0.5, 0.6) is 0 Å². The zero-order valence-electron chi connectivity index (χ0n) is 15.3. The van der Waals surface area contributed by atoms with Crippen LogP contribution in [0, 0.1) is 6.92 Å². The molecule has 0 radical (unpaired) electrons. The molecule has 29 heavy (non-hydrogen) atoms. The lowest BCUT2D eigenvalue weighted by Crippen LogP contribution is -1.97. The second-order valence-corrected chi connectivity index (χ2v) is 8.45. The summed E-state index contributed by atoms with van der Waals surface area (Å²) in [6.07, 6.45) is 0.668. The largest absolute Gasteiger partial charge is 0.461 e. The zero-order chi connectivity index (χ0) is 20.0. The monoisotopic (exact) mass is 440 g/mol. The molecule has 0 bridgehead atoms. The lowest BCUT2D eigenvalue weighted by Gasteiger charge is -1.99. The molecule has 0 saturated carbocycles. The Kier molecular flexibility index (Phi) is 4.62. The Morgan fingerprint density at radius 3 is 2.52 bits per heavy atom. The molecular formula is C21H14Cl2N4OS. The maximum atomic E-state index is 6.13. The van der Waals surface area contributed by atoms with Crippen LogP contribution < -0.4 is 0 Å². The van der Waals surface area contributed by atoms with Crippen molar-refractivity contribution in [2.45, 2.75) is 13.3 Å². The number of hydrogen-bond acceptors (Lipinski definition) is 5. The first-order valence-corrected chi connectivity index (χ1v) is 10.5. The number of fused-ring (bicyclic) bond motifs is 1. The molecule has 0 saturated heterocycles. The number of furan rings is 1. The van der Waals surface area contributed by atoms with E-state index in [0.717, 1.165) is 38.2 Å². The number of aromatic nitrogens is 4. The highest BCUT2D eigenvalue weighted by Crippen LogP contribution is 2.36. The Hall–Kier alpha value is -2.67. The molecule has 0 aliphatic carbocycles. The Balaban J connectivity index is 1.52. The lowest BCUT2D eigenvalue weighted by atomic mass is 10.1. The van der Waals surface area contributed by atoms with Crippen molar-refractivity contribution >= 4 is 39.5 Å². The fourth-order valence-electron chi connectivity index (χ4n) is 3.19. The van der Waals surface area contributed by atoms with Crippen molar-refractivity contribution in [3.63, 3.8) is 0 Å². The van der Waals surface area contributed by atoms with E-state index < -0.39 is 0 Å². The SMILES string of the molecule is Cc1oc(-c2cc(Cl)cc(Cl)c2)cc1-c1nn2c(Cc3ccccc3)nnc2s1. The minimum atomic E-state index is 0.562. The van der Waals surface area contributed by atoms with Crippen LogP contribution >= 0.6 is 34.5 Å². The maximum Gasteiger partial charge on any atom is 0.234 e. The van der Waals surface area contributed by atoms with Crippen LogP contribution in [-0.2, 0) is 6.42 Å². The number of rotatable bonds is 4. The fourth-order valence-corrected chi connectivity index (χ4v) is 4.64. The van der Waals surface area contributed by atoms with Crippen molar-refractivity contribution < 1.29 is 4.42 Å². The van der Waals surface area contributed by atoms with E-state index in [1.54, 1.807) is 10.6 Å². The molecule has 0 fully saturated rings. The number of benzene rings is 2. The molecule has 3 aromatic heterocycles. The average Bonchev–Trinajstić information content (AvgIpc) is 3.37. The van der Waals surface area contributed by atoms with Gasteiger partial charge in [-0.1, -0.05) is 64.9 Å². The van der Waals surface area contributed by atoms with Gasteiger partial charge in [0.1, 0.15) is 11.5 Å². The van der Waals surface area contributed by atoms with Gasteiger partial charge >= 0.3 is 0 Å². The van der Waals surface area contributed by atoms with E-state index in [1.165, 1.54) is 11.3 Å². The highest BCUT2D eigenvalue weighted by molar-refractivity contribution is 7.19. The van der Waals surface area contributed by atoms with Gasteiger partial charge in [0.15, 0.2) is 10.8 Å². The average molecular weight is 441 g/mol. The van der Waals surface area contributed by atoms with Gasteiger partial charge in [-0.15, -0.1) is 10.2 Å². The molecular weight excluding hydrogens is 427 g/mol. The standard InChI is InChI=1S/C21H14Cl2N4OS/c1-12-17(11-18(28-12)14-8-15(22)10-16(23)9-14)20-26-27-19(24-25-21(27)29-20)7-13-5-3-2-4-6-13/h2-6,8-11H,7H2,1H3. The van der Waals surface area contributed by atoms with E-state index >= 15 is 0 Å².